The Bertz CT molecular complexity index is 1450. The van der Waals surface area contributed by atoms with Gasteiger partial charge in [-0.2, -0.15) is 0 Å². The Morgan fingerprint density at radius 3 is 2.38 bits per heavy atom. The van der Waals surface area contributed by atoms with E-state index in [0.717, 1.165) is 0 Å². The topological polar surface area (TPSA) is 81.3 Å². The van der Waals surface area contributed by atoms with Crippen molar-refractivity contribution in [3.63, 3.8) is 0 Å². The van der Waals surface area contributed by atoms with Gasteiger partial charge >= 0.3 is 0 Å². The van der Waals surface area contributed by atoms with Gasteiger partial charge in [-0.3, -0.25) is 19.5 Å². The van der Waals surface area contributed by atoms with Crippen LogP contribution < -0.4 is 5.56 Å². The second-order valence-electron chi connectivity index (χ2n) is 8.65. The van der Waals surface area contributed by atoms with E-state index in [0.29, 0.717) is 39.5 Å². The fourth-order valence-corrected chi connectivity index (χ4v) is 3.80. The Kier molecular flexibility index (Phi) is 6.27. The van der Waals surface area contributed by atoms with Gasteiger partial charge in [-0.15, -0.1) is 0 Å². The van der Waals surface area contributed by atoms with Crippen molar-refractivity contribution in [1.82, 2.24) is 14.5 Å². The Morgan fingerprint density at radius 1 is 1.03 bits per heavy atom. The van der Waals surface area contributed by atoms with Crippen molar-refractivity contribution in [3.8, 4) is 17.1 Å². The summed E-state index contributed by atoms with van der Waals surface area (Å²) in [7, 11) is 3.69. The maximum atomic E-state index is 13.6. The maximum absolute atomic E-state index is 13.6. The molecule has 3 aromatic carbocycles. The van der Waals surface area contributed by atoms with Gasteiger partial charge in [0.15, 0.2) is 0 Å². The zero-order valence-electron chi connectivity index (χ0n) is 19.6. The molecule has 172 valence electrons. The summed E-state index contributed by atoms with van der Waals surface area (Å²) in [6, 6.07) is 19.8. The first-order chi connectivity index (χ1) is 16.3. The van der Waals surface area contributed by atoms with Gasteiger partial charge in [-0.1, -0.05) is 38.1 Å². The van der Waals surface area contributed by atoms with Crippen LogP contribution in [-0.4, -0.2) is 33.5 Å². The molecular formula is C27H26N4O3. The van der Waals surface area contributed by atoms with Gasteiger partial charge < -0.3 is 4.90 Å². The fraction of sp³-hybridized carbons (Fsp3) is 0.185. The van der Waals surface area contributed by atoms with Gasteiger partial charge in [0.1, 0.15) is 5.82 Å². The third kappa shape index (κ3) is 4.45. The third-order valence-corrected chi connectivity index (χ3v) is 5.63. The molecule has 0 bridgehead atoms. The molecular weight excluding hydrogens is 428 g/mol. The van der Waals surface area contributed by atoms with Gasteiger partial charge in [0.25, 0.3) is 11.2 Å². The van der Waals surface area contributed by atoms with Crippen molar-refractivity contribution in [1.29, 1.82) is 0 Å². The van der Waals surface area contributed by atoms with Gasteiger partial charge in [-0.05, 0) is 60.2 Å². The Balaban J connectivity index is 2.00. The highest BCUT2D eigenvalue weighted by Gasteiger charge is 2.18. The monoisotopic (exact) mass is 454 g/mol. The van der Waals surface area contributed by atoms with Crippen LogP contribution in [0.5, 0.6) is 0 Å². The van der Waals surface area contributed by atoms with Crippen molar-refractivity contribution in [2.45, 2.75) is 19.8 Å². The minimum absolute atomic E-state index is 0.0159. The fourth-order valence-electron chi connectivity index (χ4n) is 3.80. The molecule has 0 unspecified atom stereocenters. The van der Waals surface area contributed by atoms with E-state index in [-0.39, 0.29) is 11.2 Å². The van der Waals surface area contributed by atoms with Crippen LogP contribution in [-0.2, 0) is 0 Å². The summed E-state index contributed by atoms with van der Waals surface area (Å²) in [6.45, 7) is 4.23. The summed E-state index contributed by atoms with van der Waals surface area (Å²) in [5.74, 6) is 0.788. The summed E-state index contributed by atoms with van der Waals surface area (Å²) < 4.78 is 1.58. The lowest BCUT2D eigenvalue weighted by Crippen LogP contribution is -2.22. The largest absolute Gasteiger partial charge is 0.383 e. The van der Waals surface area contributed by atoms with E-state index in [9.17, 15) is 14.9 Å². The molecule has 0 aliphatic rings. The van der Waals surface area contributed by atoms with Crippen molar-refractivity contribution in [2.24, 2.45) is 0 Å². The second kappa shape index (κ2) is 9.31. The van der Waals surface area contributed by atoms with Gasteiger partial charge in [0.05, 0.1) is 27.1 Å². The van der Waals surface area contributed by atoms with Crippen LogP contribution in [0.3, 0.4) is 0 Å². The van der Waals surface area contributed by atoms with Crippen LogP contribution >= 0.6 is 0 Å². The molecule has 0 fully saturated rings. The van der Waals surface area contributed by atoms with Crippen molar-refractivity contribution < 1.29 is 4.92 Å². The van der Waals surface area contributed by atoms with E-state index in [1.54, 1.807) is 46.0 Å². The highest BCUT2D eigenvalue weighted by Crippen LogP contribution is 2.29. The first-order valence-electron chi connectivity index (χ1n) is 11.0. The highest BCUT2D eigenvalue weighted by molar-refractivity contribution is 5.81. The van der Waals surface area contributed by atoms with E-state index in [1.165, 1.54) is 11.6 Å². The number of nitro groups is 1. The molecule has 0 saturated carbocycles. The normalized spacial score (nSPS) is 11.4. The average Bonchev–Trinajstić information content (AvgIpc) is 2.82. The van der Waals surface area contributed by atoms with Crippen LogP contribution in [0.25, 0.3) is 34.1 Å². The number of nitro benzene ring substituents is 1. The SMILES string of the molecule is CC(C)c1ccc(-n2c(-c3ccc([N+](=O)[O-])c(/C=C/N(C)C)c3)nc3ccccc3c2=O)cc1. The predicted octanol–water partition coefficient (Wildman–Crippen LogP) is 5.62. The number of fused-ring (bicyclic) bond motifs is 1. The molecule has 0 aliphatic carbocycles. The molecule has 1 aromatic heterocycles. The highest BCUT2D eigenvalue weighted by atomic mass is 16.6. The molecule has 4 rings (SSSR count). The maximum Gasteiger partial charge on any atom is 0.276 e. The minimum Gasteiger partial charge on any atom is -0.383 e. The lowest BCUT2D eigenvalue weighted by atomic mass is 10.0. The van der Waals surface area contributed by atoms with Crippen molar-refractivity contribution >= 4 is 22.7 Å². The zero-order valence-corrected chi connectivity index (χ0v) is 19.6. The molecule has 0 amide bonds. The number of benzene rings is 3. The smallest absolute Gasteiger partial charge is 0.276 e. The van der Waals surface area contributed by atoms with Crippen LogP contribution in [0.2, 0.25) is 0 Å². The van der Waals surface area contributed by atoms with Crippen molar-refractivity contribution in [2.75, 3.05) is 14.1 Å². The Hall–Kier alpha value is -4.26. The van der Waals surface area contributed by atoms with Crippen LogP contribution in [0.15, 0.2) is 77.7 Å². The van der Waals surface area contributed by atoms with Crippen LogP contribution in [0, 0.1) is 10.1 Å². The summed E-state index contributed by atoms with van der Waals surface area (Å²) in [5, 5.41) is 12.1. The summed E-state index contributed by atoms with van der Waals surface area (Å²) in [6.07, 6.45) is 3.43. The van der Waals surface area contributed by atoms with E-state index in [1.807, 2.05) is 50.5 Å². The lowest BCUT2D eigenvalue weighted by molar-refractivity contribution is -0.385. The second-order valence-corrected chi connectivity index (χ2v) is 8.65. The number of hydrogen-bond donors (Lipinski definition) is 0. The number of para-hydroxylation sites is 1. The van der Waals surface area contributed by atoms with Crippen LogP contribution in [0.1, 0.15) is 30.9 Å². The summed E-state index contributed by atoms with van der Waals surface area (Å²) in [4.78, 5) is 31.4. The average molecular weight is 455 g/mol. The van der Waals surface area contributed by atoms with Gasteiger partial charge in [0.2, 0.25) is 0 Å². The predicted molar refractivity (Wildman–Crippen MR) is 136 cm³/mol. The van der Waals surface area contributed by atoms with E-state index < -0.39 is 4.92 Å². The first-order valence-corrected chi connectivity index (χ1v) is 11.0. The first kappa shape index (κ1) is 22.9. The minimum atomic E-state index is -0.412. The molecule has 4 aromatic rings. The van der Waals surface area contributed by atoms with E-state index in [4.69, 9.17) is 4.98 Å². The molecule has 0 spiro atoms. The van der Waals surface area contributed by atoms with Gasteiger partial charge in [-0.25, -0.2) is 4.98 Å². The number of nitrogens with zero attached hydrogens (tertiary/aromatic N) is 4. The van der Waals surface area contributed by atoms with E-state index >= 15 is 0 Å². The molecule has 0 atom stereocenters. The number of rotatable bonds is 6. The van der Waals surface area contributed by atoms with Gasteiger partial charge in [0, 0.05) is 25.7 Å². The Labute approximate surface area is 197 Å². The molecule has 0 N–H and O–H groups in total. The zero-order chi connectivity index (χ0) is 24.4. The number of aromatic nitrogens is 2. The standard InChI is InChI=1S/C27H26N4O3/c1-18(2)19-9-12-22(13-10-19)30-26(28-24-8-6-5-7-23(24)27(30)32)21-11-14-25(31(33)34)20(17-21)15-16-29(3)4/h5-18H,1-4H3/b16-15+. The molecule has 1 heterocycles. The molecule has 0 radical (unpaired) electrons. The molecule has 0 aliphatic heterocycles. The summed E-state index contributed by atoms with van der Waals surface area (Å²) >= 11 is 0. The van der Waals surface area contributed by atoms with Crippen LogP contribution in [0.4, 0.5) is 5.69 Å². The third-order valence-electron chi connectivity index (χ3n) is 5.63. The molecule has 7 heteroatoms. The molecule has 0 saturated heterocycles. The van der Waals surface area contributed by atoms with Crippen molar-refractivity contribution in [3.05, 3.63) is 105 Å². The lowest BCUT2D eigenvalue weighted by Gasteiger charge is -2.15. The molecule has 7 nitrogen and oxygen atoms in total. The quantitative estimate of drug-likeness (QED) is 0.279. The molecule has 34 heavy (non-hydrogen) atoms. The van der Waals surface area contributed by atoms with E-state index in [2.05, 4.69) is 13.8 Å². The number of hydrogen-bond acceptors (Lipinski definition) is 5. The summed E-state index contributed by atoms with van der Waals surface area (Å²) in [5.41, 5.74) is 3.26. The Morgan fingerprint density at radius 2 is 1.74 bits per heavy atom.